The van der Waals surface area contributed by atoms with Crippen LogP contribution >= 0.6 is 0 Å². The van der Waals surface area contributed by atoms with E-state index in [1.165, 1.54) is 0 Å². The summed E-state index contributed by atoms with van der Waals surface area (Å²) in [5.41, 5.74) is 1.18. The summed E-state index contributed by atoms with van der Waals surface area (Å²) in [6.45, 7) is 0.243. The number of rotatable bonds is 4. The molecule has 0 radical (unpaired) electrons. The molecule has 3 heterocycles. The number of imidazole rings is 1. The highest BCUT2D eigenvalue weighted by atomic mass is 16.2. The molecule has 1 aromatic carbocycles. The zero-order valence-electron chi connectivity index (χ0n) is 13.7. The van der Waals surface area contributed by atoms with Crippen molar-refractivity contribution in [2.75, 3.05) is 0 Å². The van der Waals surface area contributed by atoms with Crippen molar-refractivity contribution in [2.24, 2.45) is 0 Å². The van der Waals surface area contributed by atoms with Gasteiger partial charge in [-0.2, -0.15) is 0 Å². The molecule has 0 bridgehead atoms. The molecule has 0 aliphatic heterocycles. The Kier molecular flexibility index (Phi) is 4.03. The molecule has 7 nitrogen and oxygen atoms in total. The largest absolute Gasteiger partial charge is 0.348 e. The molecule has 26 heavy (non-hydrogen) atoms. The highest BCUT2D eigenvalue weighted by molar-refractivity contribution is 5.97. The second kappa shape index (κ2) is 6.64. The van der Waals surface area contributed by atoms with Gasteiger partial charge in [-0.3, -0.25) is 14.2 Å². The summed E-state index contributed by atoms with van der Waals surface area (Å²) in [7, 11) is 0. The topological polar surface area (TPSA) is 92.7 Å². The van der Waals surface area contributed by atoms with Gasteiger partial charge >= 0.3 is 0 Å². The van der Waals surface area contributed by atoms with Gasteiger partial charge in [0.1, 0.15) is 17.7 Å². The van der Waals surface area contributed by atoms with Crippen LogP contribution in [-0.2, 0) is 6.54 Å². The smallest absolute Gasteiger partial charge is 0.261 e. The summed E-state index contributed by atoms with van der Waals surface area (Å²) >= 11 is 0. The Morgan fingerprint density at radius 3 is 2.88 bits per heavy atom. The number of fused-ring (bicyclic) bond motifs is 1. The summed E-state index contributed by atoms with van der Waals surface area (Å²) in [6.07, 6.45) is 6.75. The lowest BCUT2D eigenvalue weighted by Crippen LogP contribution is -2.29. The first kappa shape index (κ1) is 15.8. The van der Waals surface area contributed by atoms with Crippen molar-refractivity contribution in [1.29, 1.82) is 0 Å². The first-order chi connectivity index (χ1) is 12.7. The van der Waals surface area contributed by atoms with Crippen LogP contribution in [0.25, 0.3) is 16.7 Å². The Bertz CT molecular complexity index is 1130. The van der Waals surface area contributed by atoms with E-state index in [4.69, 9.17) is 0 Å². The zero-order valence-corrected chi connectivity index (χ0v) is 13.7. The van der Waals surface area contributed by atoms with Crippen LogP contribution in [-0.4, -0.2) is 25.4 Å². The third-order valence-corrected chi connectivity index (χ3v) is 4.05. The number of pyridine rings is 2. The van der Waals surface area contributed by atoms with Gasteiger partial charge in [0.05, 0.1) is 0 Å². The van der Waals surface area contributed by atoms with Crippen molar-refractivity contribution in [2.45, 2.75) is 6.54 Å². The molecule has 0 unspecified atom stereocenters. The molecule has 0 spiro atoms. The van der Waals surface area contributed by atoms with E-state index < -0.39 is 11.5 Å². The SMILES string of the molecule is O=C(NCc1cccnc1-n1ccnc1)c1cc2ccccc2[nH]c1=O. The first-order valence-electron chi connectivity index (χ1n) is 8.05. The minimum Gasteiger partial charge on any atom is -0.348 e. The Balaban J connectivity index is 1.59. The molecule has 1 amide bonds. The highest BCUT2D eigenvalue weighted by Crippen LogP contribution is 2.12. The summed E-state index contributed by atoms with van der Waals surface area (Å²) in [6, 6.07) is 12.6. The fourth-order valence-corrected chi connectivity index (χ4v) is 2.77. The predicted molar refractivity (Wildman–Crippen MR) is 97.1 cm³/mol. The van der Waals surface area contributed by atoms with Gasteiger partial charge in [0.15, 0.2) is 0 Å². The fourth-order valence-electron chi connectivity index (χ4n) is 2.77. The van der Waals surface area contributed by atoms with E-state index in [1.807, 2.05) is 24.3 Å². The normalized spacial score (nSPS) is 10.8. The molecular weight excluding hydrogens is 330 g/mol. The lowest BCUT2D eigenvalue weighted by molar-refractivity contribution is 0.0949. The Hall–Kier alpha value is -3.74. The van der Waals surface area contributed by atoms with E-state index in [0.29, 0.717) is 11.3 Å². The minimum atomic E-state index is -0.433. The van der Waals surface area contributed by atoms with E-state index in [1.54, 1.807) is 47.7 Å². The van der Waals surface area contributed by atoms with Crippen molar-refractivity contribution in [3.63, 3.8) is 0 Å². The molecule has 0 aliphatic rings. The molecule has 0 fully saturated rings. The van der Waals surface area contributed by atoms with Crippen LogP contribution in [0.15, 0.2) is 72.2 Å². The molecule has 7 heteroatoms. The van der Waals surface area contributed by atoms with Gasteiger partial charge in [-0.1, -0.05) is 24.3 Å². The van der Waals surface area contributed by atoms with Crippen molar-refractivity contribution < 1.29 is 4.79 Å². The molecule has 0 saturated heterocycles. The van der Waals surface area contributed by atoms with Gasteiger partial charge in [-0.05, 0) is 23.6 Å². The van der Waals surface area contributed by atoms with Crippen LogP contribution in [0.2, 0.25) is 0 Å². The maximum atomic E-state index is 12.5. The highest BCUT2D eigenvalue weighted by Gasteiger charge is 2.13. The van der Waals surface area contributed by atoms with Crippen LogP contribution in [0.4, 0.5) is 0 Å². The van der Waals surface area contributed by atoms with Crippen LogP contribution in [0.5, 0.6) is 0 Å². The number of para-hydroxylation sites is 1. The molecular formula is C19H15N5O2. The van der Waals surface area contributed by atoms with Crippen molar-refractivity contribution in [3.05, 3.63) is 88.9 Å². The molecule has 0 saturated carbocycles. The minimum absolute atomic E-state index is 0.0803. The van der Waals surface area contributed by atoms with Crippen LogP contribution in [0.1, 0.15) is 15.9 Å². The maximum absolute atomic E-state index is 12.5. The molecule has 0 atom stereocenters. The van der Waals surface area contributed by atoms with Crippen molar-refractivity contribution >= 4 is 16.8 Å². The first-order valence-corrected chi connectivity index (χ1v) is 8.05. The number of benzene rings is 1. The van der Waals surface area contributed by atoms with Crippen molar-refractivity contribution in [1.82, 2.24) is 24.8 Å². The number of carbonyl (C=O) groups is 1. The van der Waals surface area contributed by atoms with Gasteiger partial charge < -0.3 is 10.3 Å². The number of hydrogen-bond donors (Lipinski definition) is 2. The van der Waals surface area contributed by atoms with Crippen LogP contribution in [0, 0.1) is 0 Å². The van der Waals surface area contributed by atoms with E-state index in [2.05, 4.69) is 20.3 Å². The molecule has 2 N–H and O–H groups in total. The fraction of sp³-hybridized carbons (Fsp3) is 0.0526. The third kappa shape index (κ3) is 2.98. The number of H-pyrrole nitrogens is 1. The number of carbonyl (C=O) groups excluding carboxylic acids is 1. The molecule has 0 aliphatic carbocycles. The van der Waals surface area contributed by atoms with Crippen LogP contribution < -0.4 is 10.9 Å². The number of nitrogens with zero attached hydrogens (tertiary/aromatic N) is 3. The van der Waals surface area contributed by atoms with Gasteiger partial charge in [-0.15, -0.1) is 0 Å². The number of amides is 1. The Labute approximate surface area is 148 Å². The Morgan fingerprint density at radius 2 is 2.04 bits per heavy atom. The van der Waals surface area contributed by atoms with E-state index >= 15 is 0 Å². The lowest BCUT2D eigenvalue weighted by Gasteiger charge is -2.10. The number of hydrogen-bond acceptors (Lipinski definition) is 4. The second-order valence-corrected chi connectivity index (χ2v) is 5.74. The standard InChI is InChI=1S/C19H15N5O2/c25-18(15-10-13-4-1-2-6-16(13)23-19(15)26)22-11-14-5-3-7-21-17(14)24-9-8-20-12-24/h1-10,12H,11H2,(H,22,25)(H,23,26). The summed E-state index contributed by atoms with van der Waals surface area (Å²) in [5, 5.41) is 3.59. The summed E-state index contributed by atoms with van der Waals surface area (Å²) < 4.78 is 1.77. The van der Waals surface area contributed by atoms with E-state index in [0.717, 1.165) is 10.9 Å². The maximum Gasteiger partial charge on any atom is 0.261 e. The summed E-state index contributed by atoms with van der Waals surface area (Å²) in [4.78, 5) is 35.8. The number of nitrogens with one attached hydrogen (secondary N) is 2. The van der Waals surface area contributed by atoms with Gasteiger partial charge in [-0.25, -0.2) is 9.97 Å². The number of aromatic nitrogens is 4. The van der Waals surface area contributed by atoms with Gasteiger partial charge in [0, 0.05) is 36.2 Å². The monoisotopic (exact) mass is 345 g/mol. The molecule has 4 aromatic rings. The van der Waals surface area contributed by atoms with E-state index in [9.17, 15) is 9.59 Å². The zero-order chi connectivity index (χ0) is 17.9. The molecule has 128 valence electrons. The average Bonchev–Trinajstić information content (AvgIpc) is 3.20. The Morgan fingerprint density at radius 1 is 1.15 bits per heavy atom. The quantitative estimate of drug-likeness (QED) is 0.592. The summed E-state index contributed by atoms with van der Waals surface area (Å²) in [5.74, 6) is 0.246. The van der Waals surface area contributed by atoms with Crippen LogP contribution in [0.3, 0.4) is 0 Å². The average molecular weight is 345 g/mol. The second-order valence-electron chi connectivity index (χ2n) is 5.74. The van der Waals surface area contributed by atoms with E-state index in [-0.39, 0.29) is 12.1 Å². The van der Waals surface area contributed by atoms with Crippen molar-refractivity contribution in [3.8, 4) is 5.82 Å². The van der Waals surface area contributed by atoms with Gasteiger partial charge in [0.2, 0.25) is 0 Å². The number of aromatic amines is 1. The predicted octanol–water partition coefficient (Wildman–Crippen LogP) is 2.04. The van der Waals surface area contributed by atoms with Gasteiger partial charge in [0.25, 0.3) is 11.5 Å². The lowest BCUT2D eigenvalue weighted by atomic mass is 10.1. The molecule has 4 rings (SSSR count). The molecule has 3 aromatic heterocycles. The third-order valence-electron chi connectivity index (χ3n) is 4.05.